The van der Waals surface area contributed by atoms with Crippen molar-refractivity contribution < 1.29 is 4.79 Å². The number of benzene rings is 1. The van der Waals surface area contributed by atoms with Crippen molar-refractivity contribution in [3.63, 3.8) is 0 Å². The summed E-state index contributed by atoms with van der Waals surface area (Å²) in [7, 11) is 0. The van der Waals surface area contributed by atoms with Gasteiger partial charge in [0, 0.05) is 29.7 Å². The predicted octanol–water partition coefficient (Wildman–Crippen LogP) is 3.56. The topological polar surface area (TPSA) is 104 Å². The van der Waals surface area contributed by atoms with E-state index in [0.29, 0.717) is 34.6 Å². The molecule has 0 saturated heterocycles. The minimum absolute atomic E-state index is 0.0895. The van der Waals surface area contributed by atoms with Crippen LogP contribution >= 0.6 is 11.6 Å². The lowest BCUT2D eigenvalue weighted by Gasteiger charge is -2.26. The van der Waals surface area contributed by atoms with Crippen molar-refractivity contribution in [3.05, 3.63) is 51.9 Å². The Morgan fingerprint density at radius 3 is 2.78 bits per heavy atom. The van der Waals surface area contributed by atoms with Crippen molar-refractivity contribution in [1.29, 1.82) is 5.26 Å². The number of aromatic nitrogens is 3. The van der Waals surface area contributed by atoms with Crippen molar-refractivity contribution in [1.82, 2.24) is 14.8 Å². The molecule has 1 fully saturated rings. The molecule has 0 bridgehead atoms. The smallest absolute Gasteiger partial charge is 0.261 e. The molecule has 1 saturated carbocycles. The van der Waals surface area contributed by atoms with Crippen LogP contribution in [0, 0.1) is 17.2 Å². The summed E-state index contributed by atoms with van der Waals surface area (Å²) in [6.07, 6.45) is 2.71. The lowest BCUT2D eigenvalue weighted by molar-refractivity contribution is -0.121. The Balaban J connectivity index is 1.81. The average Bonchev–Trinajstić information content (AvgIpc) is 3.03. The van der Waals surface area contributed by atoms with E-state index in [1.165, 1.54) is 0 Å². The van der Waals surface area contributed by atoms with E-state index in [1.807, 2.05) is 0 Å². The number of nitrogens with zero attached hydrogens (tertiary/aromatic N) is 3. The molecule has 2 N–H and O–H groups in total. The molecule has 2 aromatic heterocycles. The van der Waals surface area contributed by atoms with Crippen LogP contribution < -0.4 is 10.9 Å². The number of carbonyl (C=O) groups excluding carboxylic acids is 1. The summed E-state index contributed by atoms with van der Waals surface area (Å²) in [6.45, 7) is 0. The number of pyridine rings is 1. The monoisotopic (exact) mass is 381 g/mol. The summed E-state index contributed by atoms with van der Waals surface area (Å²) < 4.78 is 1.71. The number of carbonyl (C=O) groups is 1. The molecule has 27 heavy (non-hydrogen) atoms. The zero-order chi connectivity index (χ0) is 19.0. The molecule has 1 aromatic carbocycles. The first-order chi connectivity index (χ1) is 13.1. The zero-order valence-corrected chi connectivity index (χ0v) is 15.0. The van der Waals surface area contributed by atoms with E-state index in [1.54, 1.807) is 41.2 Å². The number of fused-ring (bicyclic) bond motifs is 1. The van der Waals surface area contributed by atoms with Crippen molar-refractivity contribution >= 4 is 39.8 Å². The molecule has 0 radical (unpaired) electrons. The molecular weight excluding hydrogens is 366 g/mol. The predicted molar refractivity (Wildman–Crippen MR) is 102 cm³/mol. The van der Waals surface area contributed by atoms with E-state index in [4.69, 9.17) is 11.6 Å². The molecular formula is C19H16ClN5O2. The van der Waals surface area contributed by atoms with Gasteiger partial charge in [0.1, 0.15) is 11.2 Å². The lowest BCUT2D eigenvalue weighted by atomic mass is 9.84. The summed E-state index contributed by atoms with van der Waals surface area (Å²) in [5.74, 6) is 0.0337. The average molecular weight is 382 g/mol. The molecule has 1 aliphatic carbocycles. The Morgan fingerprint density at radius 1 is 1.26 bits per heavy atom. The largest absolute Gasteiger partial charge is 0.338 e. The van der Waals surface area contributed by atoms with Crippen LogP contribution in [0.4, 0.5) is 11.5 Å². The van der Waals surface area contributed by atoms with Crippen LogP contribution in [0.2, 0.25) is 5.02 Å². The molecule has 2 heterocycles. The number of nitrogens with one attached hydrogen (secondary N) is 2. The van der Waals surface area contributed by atoms with Crippen LogP contribution in [-0.4, -0.2) is 20.5 Å². The van der Waals surface area contributed by atoms with Gasteiger partial charge in [-0.2, -0.15) is 10.4 Å². The van der Waals surface area contributed by atoms with Crippen LogP contribution in [0.3, 0.4) is 0 Å². The third kappa shape index (κ3) is 3.20. The molecule has 8 heteroatoms. The normalized spacial score (nSPS) is 19.8. The van der Waals surface area contributed by atoms with E-state index >= 15 is 0 Å². The summed E-state index contributed by atoms with van der Waals surface area (Å²) in [5.41, 5.74) is 1.11. The Labute approximate surface area is 159 Å². The third-order valence-electron chi connectivity index (χ3n) is 4.85. The van der Waals surface area contributed by atoms with E-state index in [2.05, 4.69) is 21.5 Å². The van der Waals surface area contributed by atoms with Gasteiger partial charge < -0.3 is 10.3 Å². The number of Topliss-reactive ketones (excluding diaryl/α,β-unsaturated/α-hetero) is 1. The molecule has 0 amide bonds. The molecule has 0 unspecified atom stereocenters. The van der Waals surface area contributed by atoms with E-state index in [-0.39, 0.29) is 23.8 Å². The molecule has 136 valence electrons. The Morgan fingerprint density at radius 2 is 2.04 bits per heavy atom. The molecule has 4 rings (SSSR count). The molecule has 0 aliphatic heterocycles. The van der Waals surface area contributed by atoms with Crippen molar-refractivity contribution in [3.8, 4) is 6.07 Å². The lowest BCUT2D eigenvalue weighted by Crippen LogP contribution is -2.27. The van der Waals surface area contributed by atoms with Crippen LogP contribution in [-0.2, 0) is 4.79 Å². The fourth-order valence-electron chi connectivity index (χ4n) is 3.53. The van der Waals surface area contributed by atoms with Gasteiger partial charge in [-0.3, -0.25) is 14.3 Å². The SMILES string of the molecule is N#C[C@@H]1CC(=O)CC[C@H]1n1nc(Nc2ccc(Cl)cc2)c2c(=O)[nH]ccc21. The van der Waals surface area contributed by atoms with Gasteiger partial charge >= 0.3 is 0 Å². The second-order valence-corrected chi connectivity index (χ2v) is 7.01. The first-order valence-electron chi connectivity index (χ1n) is 8.60. The van der Waals surface area contributed by atoms with Crippen molar-refractivity contribution in [2.45, 2.75) is 25.3 Å². The van der Waals surface area contributed by atoms with Gasteiger partial charge in [-0.05, 0) is 36.8 Å². The summed E-state index contributed by atoms with van der Waals surface area (Å²) >= 11 is 5.92. The minimum atomic E-state index is -0.461. The quantitative estimate of drug-likeness (QED) is 0.722. The number of aromatic amines is 1. The van der Waals surface area contributed by atoms with Gasteiger partial charge in [0.15, 0.2) is 5.82 Å². The Hall–Kier alpha value is -3.11. The van der Waals surface area contributed by atoms with Gasteiger partial charge in [-0.25, -0.2) is 0 Å². The van der Waals surface area contributed by atoms with Gasteiger partial charge in [-0.15, -0.1) is 0 Å². The van der Waals surface area contributed by atoms with E-state index in [9.17, 15) is 14.9 Å². The number of nitriles is 1. The van der Waals surface area contributed by atoms with Crippen molar-refractivity contribution in [2.75, 3.05) is 5.32 Å². The van der Waals surface area contributed by atoms with Crippen molar-refractivity contribution in [2.24, 2.45) is 5.92 Å². The highest BCUT2D eigenvalue weighted by molar-refractivity contribution is 6.30. The standard InChI is InChI=1S/C19H16ClN5O2/c20-12-1-3-13(4-2-12)23-18-17-16(7-8-22-19(17)27)25(24-18)15-6-5-14(26)9-11(15)10-21/h1-4,7-8,11,15H,5-6,9H2,(H,22,27)(H,23,24)/t11-,15+/m0/s1. The molecule has 3 aromatic rings. The van der Waals surface area contributed by atoms with Crippen LogP contribution in [0.5, 0.6) is 0 Å². The number of hydrogen-bond acceptors (Lipinski definition) is 5. The highest BCUT2D eigenvalue weighted by Crippen LogP contribution is 2.35. The summed E-state index contributed by atoms with van der Waals surface area (Å²) in [5, 5.41) is 18.3. The molecule has 0 spiro atoms. The molecule has 2 atom stereocenters. The number of rotatable bonds is 3. The number of ketones is 1. The van der Waals surface area contributed by atoms with Gasteiger partial charge in [0.05, 0.1) is 23.5 Å². The third-order valence-corrected chi connectivity index (χ3v) is 5.10. The van der Waals surface area contributed by atoms with Crippen LogP contribution in [0.25, 0.3) is 10.9 Å². The zero-order valence-electron chi connectivity index (χ0n) is 14.3. The molecule has 7 nitrogen and oxygen atoms in total. The van der Waals surface area contributed by atoms with Crippen LogP contribution in [0.15, 0.2) is 41.3 Å². The second-order valence-electron chi connectivity index (χ2n) is 6.58. The first-order valence-corrected chi connectivity index (χ1v) is 8.98. The fraction of sp³-hybridized carbons (Fsp3) is 0.263. The number of anilines is 2. The van der Waals surface area contributed by atoms with Gasteiger partial charge in [0.2, 0.25) is 0 Å². The number of halogens is 1. The Kier molecular flexibility index (Phi) is 4.42. The summed E-state index contributed by atoms with van der Waals surface area (Å²) in [6, 6.07) is 10.8. The minimum Gasteiger partial charge on any atom is -0.338 e. The highest BCUT2D eigenvalue weighted by atomic mass is 35.5. The highest BCUT2D eigenvalue weighted by Gasteiger charge is 2.33. The number of H-pyrrole nitrogens is 1. The maximum absolute atomic E-state index is 12.5. The fourth-order valence-corrected chi connectivity index (χ4v) is 3.65. The van der Waals surface area contributed by atoms with E-state index < -0.39 is 5.92 Å². The first kappa shape index (κ1) is 17.3. The van der Waals surface area contributed by atoms with Crippen LogP contribution in [0.1, 0.15) is 25.3 Å². The maximum Gasteiger partial charge on any atom is 0.261 e. The Bertz CT molecular complexity index is 1110. The van der Waals surface area contributed by atoms with Gasteiger partial charge in [0.25, 0.3) is 5.56 Å². The second kappa shape index (κ2) is 6.89. The van der Waals surface area contributed by atoms with Gasteiger partial charge in [-0.1, -0.05) is 11.6 Å². The maximum atomic E-state index is 12.5. The molecule has 1 aliphatic rings. The van der Waals surface area contributed by atoms with E-state index in [0.717, 1.165) is 5.69 Å². The summed E-state index contributed by atoms with van der Waals surface area (Å²) in [4.78, 5) is 26.9. The number of hydrogen-bond donors (Lipinski definition) is 2.